The summed E-state index contributed by atoms with van der Waals surface area (Å²) in [7, 11) is 4.66. The second kappa shape index (κ2) is 7.96. The van der Waals surface area contributed by atoms with Crippen molar-refractivity contribution in [2.75, 3.05) is 51.2 Å². The van der Waals surface area contributed by atoms with Crippen molar-refractivity contribution in [3.05, 3.63) is 17.7 Å². The summed E-state index contributed by atoms with van der Waals surface area (Å²) in [6.07, 6.45) is 0. The van der Waals surface area contributed by atoms with Gasteiger partial charge in [-0.15, -0.1) is 0 Å². The average Bonchev–Trinajstić information content (AvgIpc) is 2.41. The van der Waals surface area contributed by atoms with Crippen LogP contribution in [-0.4, -0.2) is 52.1 Å². The number of ether oxygens (including phenoxy) is 2. The number of nitrogens with zero attached hydrogens (tertiary/aromatic N) is 2. The van der Waals surface area contributed by atoms with Crippen LogP contribution in [0.5, 0.6) is 0 Å². The van der Waals surface area contributed by atoms with Crippen molar-refractivity contribution in [2.45, 2.75) is 13.0 Å². The van der Waals surface area contributed by atoms with Crippen LogP contribution in [-0.2, 0) is 9.47 Å². The molecule has 1 aromatic rings. The zero-order valence-corrected chi connectivity index (χ0v) is 12.2. The molecule has 0 radical (unpaired) electrons. The summed E-state index contributed by atoms with van der Waals surface area (Å²) in [6.45, 7) is 3.11. The molecule has 0 aliphatic heterocycles. The van der Waals surface area contributed by atoms with Crippen molar-refractivity contribution < 1.29 is 18.3 Å². The Labute approximate surface area is 117 Å². The molecule has 1 N–H and O–H groups in total. The molecule has 0 amide bonds. The molecule has 0 bridgehead atoms. The quantitative estimate of drug-likeness (QED) is 0.792. The van der Waals surface area contributed by atoms with Gasteiger partial charge in [-0.3, -0.25) is 0 Å². The highest BCUT2D eigenvalue weighted by molar-refractivity contribution is 5.49. The van der Waals surface area contributed by atoms with Gasteiger partial charge in [-0.25, -0.2) is 13.8 Å². The van der Waals surface area contributed by atoms with Gasteiger partial charge in [-0.2, -0.15) is 0 Å². The lowest BCUT2D eigenvalue weighted by molar-refractivity contribution is 0.170. The Kier molecular flexibility index (Phi) is 6.60. The lowest BCUT2D eigenvalue weighted by Crippen LogP contribution is -2.40. The van der Waals surface area contributed by atoms with Crippen molar-refractivity contribution in [1.82, 2.24) is 4.98 Å². The lowest BCUT2D eigenvalue weighted by Gasteiger charge is -2.30. The predicted molar refractivity (Wildman–Crippen MR) is 74.3 cm³/mol. The van der Waals surface area contributed by atoms with Crippen LogP contribution in [0.2, 0.25) is 0 Å². The maximum absolute atomic E-state index is 14.0. The largest absolute Gasteiger partial charge is 0.383 e. The summed E-state index contributed by atoms with van der Waals surface area (Å²) in [5, 5.41) is 2.60. The van der Waals surface area contributed by atoms with Gasteiger partial charge in [0.15, 0.2) is 23.3 Å². The SMILES string of the molecule is CNc1nc(N(CCOC)C(C)COC)c(F)cc1F. The number of methoxy groups -OCH3 is 2. The summed E-state index contributed by atoms with van der Waals surface area (Å²) < 4.78 is 37.6. The minimum atomic E-state index is -0.722. The normalized spacial score (nSPS) is 12.3. The predicted octanol–water partition coefficient (Wildman–Crippen LogP) is 1.89. The van der Waals surface area contributed by atoms with E-state index in [0.717, 1.165) is 6.07 Å². The smallest absolute Gasteiger partial charge is 0.168 e. The van der Waals surface area contributed by atoms with E-state index in [1.807, 2.05) is 6.92 Å². The van der Waals surface area contributed by atoms with Crippen LogP contribution in [0.3, 0.4) is 0 Å². The molecule has 0 spiro atoms. The van der Waals surface area contributed by atoms with Crippen molar-refractivity contribution in [3.8, 4) is 0 Å². The zero-order valence-electron chi connectivity index (χ0n) is 12.2. The second-order valence-corrected chi connectivity index (χ2v) is 4.36. The van der Waals surface area contributed by atoms with Gasteiger partial charge in [0.05, 0.1) is 19.3 Å². The average molecular weight is 289 g/mol. The number of nitrogens with one attached hydrogen (secondary N) is 1. The minimum absolute atomic E-state index is 0.00781. The van der Waals surface area contributed by atoms with E-state index in [2.05, 4.69) is 10.3 Å². The molecule has 1 atom stereocenters. The van der Waals surface area contributed by atoms with Gasteiger partial charge in [-0.1, -0.05) is 0 Å². The standard InChI is InChI=1S/C13H21F2N3O2/c1-9(8-20-4)18(5-6-19-3)13-11(15)7-10(14)12(16-2)17-13/h7,9H,5-6,8H2,1-4H3,(H,16,17). The number of aromatic nitrogens is 1. The number of hydrogen-bond donors (Lipinski definition) is 1. The first-order valence-corrected chi connectivity index (χ1v) is 6.33. The van der Waals surface area contributed by atoms with Crippen molar-refractivity contribution >= 4 is 11.6 Å². The molecule has 0 saturated heterocycles. The highest BCUT2D eigenvalue weighted by Crippen LogP contribution is 2.23. The molecule has 1 aromatic heterocycles. The fourth-order valence-corrected chi connectivity index (χ4v) is 1.89. The Bertz CT molecular complexity index is 432. The molecule has 0 fully saturated rings. The van der Waals surface area contributed by atoms with Crippen LogP contribution in [0.15, 0.2) is 6.07 Å². The molecular formula is C13H21F2N3O2. The molecule has 114 valence electrons. The van der Waals surface area contributed by atoms with E-state index < -0.39 is 11.6 Å². The van der Waals surface area contributed by atoms with Gasteiger partial charge in [0, 0.05) is 33.9 Å². The molecule has 1 unspecified atom stereocenters. The summed E-state index contributed by atoms with van der Waals surface area (Å²) in [4.78, 5) is 5.70. The molecule has 7 heteroatoms. The zero-order chi connectivity index (χ0) is 15.1. The van der Waals surface area contributed by atoms with E-state index in [4.69, 9.17) is 9.47 Å². The second-order valence-electron chi connectivity index (χ2n) is 4.36. The molecule has 0 aromatic carbocycles. The van der Waals surface area contributed by atoms with Crippen LogP contribution in [0.4, 0.5) is 20.4 Å². The molecule has 0 aliphatic carbocycles. The third-order valence-corrected chi connectivity index (χ3v) is 2.90. The third kappa shape index (κ3) is 4.01. The fourth-order valence-electron chi connectivity index (χ4n) is 1.89. The molecule has 1 rings (SSSR count). The Morgan fingerprint density at radius 2 is 2.00 bits per heavy atom. The Morgan fingerprint density at radius 1 is 1.30 bits per heavy atom. The first kappa shape index (κ1) is 16.6. The van der Waals surface area contributed by atoms with Crippen LogP contribution in [0.1, 0.15) is 6.92 Å². The minimum Gasteiger partial charge on any atom is -0.383 e. The molecule has 5 nitrogen and oxygen atoms in total. The first-order valence-electron chi connectivity index (χ1n) is 6.33. The van der Waals surface area contributed by atoms with Crippen molar-refractivity contribution in [1.29, 1.82) is 0 Å². The van der Waals surface area contributed by atoms with E-state index in [1.54, 1.807) is 19.1 Å². The van der Waals surface area contributed by atoms with Gasteiger partial charge in [0.25, 0.3) is 0 Å². The van der Waals surface area contributed by atoms with E-state index in [1.165, 1.54) is 7.05 Å². The van der Waals surface area contributed by atoms with Crippen LogP contribution in [0, 0.1) is 11.6 Å². The van der Waals surface area contributed by atoms with Crippen LogP contribution in [0.25, 0.3) is 0 Å². The van der Waals surface area contributed by atoms with E-state index in [0.29, 0.717) is 19.8 Å². The highest BCUT2D eigenvalue weighted by atomic mass is 19.1. The third-order valence-electron chi connectivity index (χ3n) is 2.90. The molecule has 0 saturated carbocycles. The Morgan fingerprint density at radius 3 is 2.55 bits per heavy atom. The van der Waals surface area contributed by atoms with Gasteiger partial charge in [-0.05, 0) is 6.92 Å². The van der Waals surface area contributed by atoms with E-state index in [-0.39, 0.29) is 17.7 Å². The number of rotatable bonds is 8. The van der Waals surface area contributed by atoms with Crippen LogP contribution >= 0.6 is 0 Å². The monoisotopic (exact) mass is 289 g/mol. The fraction of sp³-hybridized carbons (Fsp3) is 0.615. The van der Waals surface area contributed by atoms with Crippen LogP contribution < -0.4 is 10.2 Å². The molecular weight excluding hydrogens is 268 g/mol. The van der Waals surface area contributed by atoms with E-state index >= 15 is 0 Å². The summed E-state index contributed by atoms with van der Waals surface area (Å²) in [5.74, 6) is -1.34. The topological polar surface area (TPSA) is 46.6 Å². The number of anilines is 2. The Balaban J connectivity index is 3.11. The lowest BCUT2D eigenvalue weighted by atomic mass is 10.2. The Hall–Kier alpha value is -1.47. The van der Waals surface area contributed by atoms with Crippen molar-refractivity contribution in [3.63, 3.8) is 0 Å². The number of hydrogen-bond acceptors (Lipinski definition) is 5. The van der Waals surface area contributed by atoms with E-state index in [9.17, 15) is 8.78 Å². The summed E-state index contributed by atoms with van der Waals surface area (Å²) in [6, 6.07) is 0.709. The number of pyridine rings is 1. The maximum Gasteiger partial charge on any atom is 0.168 e. The first-order chi connectivity index (χ1) is 9.54. The van der Waals surface area contributed by atoms with Crippen molar-refractivity contribution in [2.24, 2.45) is 0 Å². The molecule has 1 heterocycles. The van der Waals surface area contributed by atoms with Gasteiger partial charge in [0.1, 0.15) is 0 Å². The maximum atomic E-state index is 14.0. The molecule has 0 aliphatic rings. The molecule has 20 heavy (non-hydrogen) atoms. The van der Waals surface area contributed by atoms with Gasteiger partial charge in [0.2, 0.25) is 0 Å². The summed E-state index contributed by atoms with van der Waals surface area (Å²) in [5.41, 5.74) is 0. The van der Waals surface area contributed by atoms with Gasteiger partial charge >= 0.3 is 0 Å². The summed E-state index contributed by atoms with van der Waals surface area (Å²) >= 11 is 0. The highest BCUT2D eigenvalue weighted by Gasteiger charge is 2.21. The van der Waals surface area contributed by atoms with Gasteiger partial charge < -0.3 is 19.7 Å². The number of halogens is 2.